The highest BCUT2D eigenvalue weighted by Crippen LogP contribution is 2.37. The minimum atomic E-state index is -0.114. The van der Waals surface area contributed by atoms with E-state index in [2.05, 4.69) is 32.0 Å². The summed E-state index contributed by atoms with van der Waals surface area (Å²) in [5.74, 6) is 0. The molecule has 0 aromatic heterocycles. The third-order valence-electron chi connectivity index (χ3n) is 3.59. The molecule has 0 aliphatic heterocycles. The quantitative estimate of drug-likeness (QED) is 0.745. The van der Waals surface area contributed by atoms with Gasteiger partial charge in [0, 0.05) is 7.11 Å². The molecule has 2 unspecified atom stereocenters. The first-order valence-corrected chi connectivity index (χ1v) is 6.25. The summed E-state index contributed by atoms with van der Waals surface area (Å²) < 4.78 is 10.8. The van der Waals surface area contributed by atoms with Crippen LogP contribution in [0.3, 0.4) is 0 Å². The van der Waals surface area contributed by atoms with Crippen LogP contribution in [0.25, 0.3) is 0 Å². The van der Waals surface area contributed by atoms with E-state index in [1.807, 2.05) is 6.92 Å². The summed E-state index contributed by atoms with van der Waals surface area (Å²) in [6.45, 7) is 7.15. The van der Waals surface area contributed by atoms with E-state index in [1.165, 1.54) is 16.7 Å². The number of rotatable bonds is 4. The Morgan fingerprint density at radius 2 is 2.00 bits per heavy atom. The van der Waals surface area contributed by atoms with Gasteiger partial charge in [-0.05, 0) is 43.2 Å². The van der Waals surface area contributed by atoms with Gasteiger partial charge in [0.2, 0.25) is 0 Å². The van der Waals surface area contributed by atoms with Crippen LogP contribution in [0.15, 0.2) is 18.2 Å². The van der Waals surface area contributed by atoms with Crippen LogP contribution in [-0.2, 0) is 22.3 Å². The first-order chi connectivity index (χ1) is 8.02. The number of benzene rings is 1. The SMILES string of the molecule is COC(C)OCC1(C)Cc2ccc(C)cc2C1. The Balaban J connectivity index is 2.02. The van der Waals surface area contributed by atoms with Crippen molar-refractivity contribution in [2.75, 3.05) is 13.7 Å². The van der Waals surface area contributed by atoms with Crippen molar-refractivity contribution >= 4 is 0 Å². The largest absolute Gasteiger partial charge is 0.356 e. The van der Waals surface area contributed by atoms with Crippen LogP contribution in [-0.4, -0.2) is 20.0 Å². The highest BCUT2D eigenvalue weighted by molar-refractivity contribution is 5.37. The lowest BCUT2D eigenvalue weighted by Crippen LogP contribution is -2.27. The van der Waals surface area contributed by atoms with E-state index >= 15 is 0 Å². The van der Waals surface area contributed by atoms with Crippen LogP contribution < -0.4 is 0 Å². The lowest BCUT2D eigenvalue weighted by atomic mass is 9.88. The normalized spacial score (nSPS) is 24.7. The standard InChI is InChI=1S/C15H22O2/c1-11-5-6-13-8-15(3,9-14(13)7-11)10-17-12(2)16-4/h5-7,12H,8-10H2,1-4H3. The van der Waals surface area contributed by atoms with Crippen LogP contribution >= 0.6 is 0 Å². The Labute approximate surface area is 104 Å². The molecular weight excluding hydrogens is 212 g/mol. The van der Waals surface area contributed by atoms with Gasteiger partial charge < -0.3 is 9.47 Å². The molecule has 2 heteroatoms. The van der Waals surface area contributed by atoms with E-state index < -0.39 is 0 Å². The average Bonchev–Trinajstić information content (AvgIpc) is 2.62. The molecule has 0 fully saturated rings. The maximum absolute atomic E-state index is 5.72. The molecule has 94 valence electrons. The molecule has 2 rings (SSSR count). The summed E-state index contributed by atoms with van der Waals surface area (Å²) in [5.41, 5.74) is 4.54. The topological polar surface area (TPSA) is 18.5 Å². The summed E-state index contributed by atoms with van der Waals surface area (Å²) >= 11 is 0. The number of aryl methyl sites for hydroxylation is 1. The first kappa shape index (κ1) is 12.6. The van der Waals surface area contributed by atoms with Crippen molar-refractivity contribution in [3.05, 3.63) is 34.9 Å². The van der Waals surface area contributed by atoms with Crippen LogP contribution in [0.5, 0.6) is 0 Å². The molecule has 1 aromatic rings. The van der Waals surface area contributed by atoms with Gasteiger partial charge in [-0.3, -0.25) is 0 Å². The Morgan fingerprint density at radius 3 is 2.71 bits per heavy atom. The fraction of sp³-hybridized carbons (Fsp3) is 0.600. The van der Waals surface area contributed by atoms with Crippen LogP contribution in [0.4, 0.5) is 0 Å². The molecule has 2 nitrogen and oxygen atoms in total. The predicted octanol–water partition coefficient (Wildman–Crippen LogP) is 3.11. The Hall–Kier alpha value is -0.860. The van der Waals surface area contributed by atoms with Crippen molar-refractivity contribution in [1.82, 2.24) is 0 Å². The van der Waals surface area contributed by atoms with Gasteiger partial charge >= 0.3 is 0 Å². The van der Waals surface area contributed by atoms with Crippen molar-refractivity contribution in [3.8, 4) is 0 Å². The third-order valence-corrected chi connectivity index (χ3v) is 3.59. The zero-order chi connectivity index (χ0) is 12.5. The summed E-state index contributed by atoms with van der Waals surface area (Å²) in [6.07, 6.45) is 2.11. The van der Waals surface area contributed by atoms with E-state index in [0.29, 0.717) is 0 Å². The molecule has 17 heavy (non-hydrogen) atoms. The van der Waals surface area contributed by atoms with E-state index in [1.54, 1.807) is 7.11 Å². The molecule has 2 atom stereocenters. The zero-order valence-corrected chi connectivity index (χ0v) is 11.2. The third kappa shape index (κ3) is 2.88. The molecule has 0 heterocycles. The Kier molecular flexibility index (Phi) is 3.55. The molecule has 0 saturated heterocycles. The molecule has 1 aliphatic rings. The van der Waals surface area contributed by atoms with Gasteiger partial charge in [0.1, 0.15) is 0 Å². The number of ether oxygens (including phenoxy) is 2. The van der Waals surface area contributed by atoms with E-state index in [0.717, 1.165) is 19.4 Å². The molecule has 1 aromatic carbocycles. The van der Waals surface area contributed by atoms with E-state index in [4.69, 9.17) is 9.47 Å². The second-order valence-electron chi connectivity index (χ2n) is 5.55. The fourth-order valence-electron chi connectivity index (χ4n) is 2.56. The van der Waals surface area contributed by atoms with Gasteiger partial charge in [-0.2, -0.15) is 0 Å². The van der Waals surface area contributed by atoms with E-state index in [-0.39, 0.29) is 11.7 Å². The maximum Gasteiger partial charge on any atom is 0.154 e. The minimum Gasteiger partial charge on any atom is -0.356 e. The highest BCUT2D eigenvalue weighted by atomic mass is 16.7. The molecule has 0 amide bonds. The van der Waals surface area contributed by atoms with Crippen molar-refractivity contribution in [3.63, 3.8) is 0 Å². The first-order valence-electron chi connectivity index (χ1n) is 6.25. The lowest BCUT2D eigenvalue weighted by molar-refractivity contribution is -0.131. The molecule has 0 saturated carbocycles. The van der Waals surface area contributed by atoms with Gasteiger partial charge in [0.25, 0.3) is 0 Å². The Morgan fingerprint density at radius 1 is 1.29 bits per heavy atom. The lowest BCUT2D eigenvalue weighted by Gasteiger charge is -2.25. The van der Waals surface area contributed by atoms with Gasteiger partial charge in [-0.25, -0.2) is 0 Å². The van der Waals surface area contributed by atoms with E-state index in [9.17, 15) is 0 Å². The van der Waals surface area contributed by atoms with Crippen molar-refractivity contribution in [1.29, 1.82) is 0 Å². The molecule has 0 bridgehead atoms. The average molecular weight is 234 g/mol. The summed E-state index contributed by atoms with van der Waals surface area (Å²) in [7, 11) is 1.68. The fourth-order valence-corrected chi connectivity index (χ4v) is 2.56. The Bertz CT molecular complexity index is 400. The molecule has 0 radical (unpaired) electrons. The summed E-state index contributed by atoms with van der Waals surface area (Å²) in [5, 5.41) is 0. The van der Waals surface area contributed by atoms with Crippen LogP contribution in [0.1, 0.15) is 30.5 Å². The highest BCUT2D eigenvalue weighted by Gasteiger charge is 2.33. The minimum absolute atomic E-state index is 0.114. The smallest absolute Gasteiger partial charge is 0.154 e. The molecule has 0 N–H and O–H groups in total. The number of methoxy groups -OCH3 is 1. The molecule has 1 aliphatic carbocycles. The monoisotopic (exact) mass is 234 g/mol. The number of fused-ring (bicyclic) bond motifs is 1. The van der Waals surface area contributed by atoms with Gasteiger partial charge in [-0.15, -0.1) is 0 Å². The van der Waals surface area contributed by atoms with Crippen LogP contribution in [0.2, 0.25) is 0 Å². The van der Waals surface area contributed by atoms with Crippen LogP contribution in [0, 0.1) is 12.3 Å². The second kappa shape index (κ2) is 4.79. The van der Waals surface area contributed by atoms with Gasteiger partial charge in [-0.1, -0.05) is 30.7 Å². The summed E-state index contributed by atoms with van der Waals surface area (Å²) in [6, 6.07) is 6.76. The molecule has 0 spiro atoms. The number of hydrogen-bond acceptors (Lipinski definition) is 2. The predicted molar refractivity (Wildman–Crippen MR) is 69.1 cm³/mol. The molecular formula is C15H22O2. The number of hydrogen-bond donors (Lipinski definition) is 0. The summed E-state index contributed by atoms with van der Waals surface area (Å²) in [4.78, 5) is 0. The maximum atomic E-state index is 5.72. The van der Waals surface area contributed by atoms with Crippen molar-refractivity contribution in [2.24, 2.45) is 5.41 Å². The van der Waals surface area contributed by atoms with Gasteiger partial charge in [0.15, 0.2) is 6.29 Å². The van der Waals surface area contributed by atoms with Crippen molar-refractivity contribution in [2.45, 2.75) is 39.9 Å². The van der Waals surface area contributed by atoms with Gasteiger partial charge in [0.05, 0.1) is 6.61 Å². The zero-order valence-electron chi connectivity index (χ0n) is 11.2. The van der Waals surface area contributed by atoms with Crippen molar-refractivity contribution < 1.29 is 9.47 Å². The second-order valence-corrected chi connectivity index (χ2v) is 5.55.